The van der Waals surface area contributed by atoms with Crippen LogP contribution in [0.4, 0.5) is 0 Å². The van der Waals surface area contributed by atoms with Crippen molar-refractivity contribution in [3.05, 3.63) is 71.0 Å². The molecule has 0 radical (unpaired) electrons. The second kappa shape index (κ2) is 9.40. The highest BCUT2D eigenvalue weighted by atomic mass is 35.5. The van der Waals surface area contributed by atoms with Crippen LogP contribution in [0.5, 0.6) is 5.75 Å². The second-order valence-electron chi connectivity index (χ2n) is 6.89. The SMILES string of the molecule is C[C@H](NC(=O)CN1C(=O)CSc2nnc(COc3ccc(Cl)cc3)n21)c1ccccc1. The van der Waals surface area contributed by atoms with Crippen LogP contribution in [0.3, 0.4) is 0 Å². The summed E-state index contributed by atoms with van der Waals surface area (Å²) in [4.78, 5) is 25.3. The maximum Gasteiger partial charge on any atom is 0.252 e. The molecular weight excluding hydrogens is 438 g/mol. The normalized spacial score (nSPS) is 14.1. The highest BCUT2D eigenvalue weighted by Gasteiger charge is 2.31. The molecule has 2 amide bonds. The maximum atomic E-state index is 12.7. The highest BCUT2D eigenvalue weighted by Crippen LogP contribution is 2.24. The molecule has 0 bridgehead atoms. The highest BCUT2D eigenvalue weighted by molar-refractivity contribution is 7.99. The monoisotopic (exact) mass is 457 g/mol. The van der Waals surface area contributed by atoms with Crippen molar-refractivity contribution in [2.45, 2.75) is 24.7 Å². The molecule has 0 saturated heterocycles. The second-order valence-corrected chi connectivity index (χ2v) is 8.27. The van der Waals surface area contributed by atoms with Crippen molar-refractivity contribution in [1.29, 1.82) is 0 Å². The van der Waals surface area contributed by atoms with Gasteiger partial charge in [0.05, 0.1) is 11.8 Å². The van der Waals surface area contributed by atoms with Crippen LogP contribution < -0.4 is 15.1 Å². The molecule has 0 spiro atoms. The molecule has 1 atom stereocenters. The van der Waals surface area contributed by atoms with Gasteiger partial charge in [-0.25, -0.2) is 9.69 Å². The first-order valence-corrected chi connectivity index (χ1v) is 11.0. The smallest absolute Gasteiger partial charge is 0.252 e. The zero-order valence-electron chi connectivity index (χ0n) is 16.7. The van der Waals surface area contributed by atoms with Crippen LogP contribution in [0.2, 0.25) is 5.02 Å². The molecule has 0 unspecified atom stereocenters. The van der Waals surface area contributed by atoms with Crippen molar-refractivity contribution >= 4 is 35.2 Å². The number of amides is 2. The van der Waals surface area contributed by atoms with E-state index in [1.165, 1.54) is 16.8 Å². The van der Waals surface area contributed by atoms with E-state index in [9.17, 15) is 9.59 Å². The molecule has 1 aliphatic rings. The van der Waals surface area contributed by atoms with Crippen molar-refractivity contribution in [2.75, 3.05) is 17.3 Å². The fourth-order valence-corrected chi connectivity index (χ4v) is 4.07. The number of nitrogens with one attached hydrogen (secondary N) is 1. The minimum atomic E-state index is -0.277. The van der Waals surface area contributed by atoms with Gasteiger partial charge in [-0.1, -0.05) is 53.7 Å². The average molecular weight is 458 g/mol. The molecule has 0 aliphatic carbocycles. The Bertz CT molecular complexity index is 1070. The minimum Gasteiger partial charge on any atom is -0.486 e. The van der Waals surface area contributed by atoms with Crippen LogP contribution in [-0.4, -0.2) is 39.0 Å². The van der Waals surface area contributed by atoms with Crippen molar-refractivity contribution in [1.82, 2.24) is 20.2 Å². The van der Waals surface area contributed by atoms with Gasteiger partial charge in [-0.3, -0.25) is 9.59 Å². The molecule has 31 heavy (non-hydrogen) atoms. The lowest BCUT2D eigenvalue weighted by Gasteiger charge is -2.29. The Balaban J connectivity index is 1.46. The van der Waals surface area contributed by atoms with E-state index in [4.69, 9.17) is 16.3 Å². The number of carbonyl (C=O) groups is 2. The summed E-state index contributed by atoms with van der Waals surface area (Å²) in [5, 5.41) is 13.7. The summed E-state index contributed by atoms with van der Waals surface area (Å²) < 4.78 is 7.31. The van der Waals surface area contributed by atoms with Crippen LogP contribution in [-0.2, 0) is 16.2 Å². The van der Waals surface area contributed by atoms with Gasteiger partial charge < -0.3 is 10.1 Å². The number of rotatable bonds is 7. The van der Waals surface area contributed by atoms with E-state index >= 15 is 0 Å². The first kappa shape index (κ1) is 21.2. The Hall–Kier alpha value is -3.04. The quantitative estimate of drug-likeness (QED) is 0.586. The fourth-order valence-electron chi connectivity index (χ4n) is 3.12. The molecular formula is C21H20ClN5O3S. The Morgan fingerprint density at radius 1 is 1.19 bits per heavy atom. The number of ether oxygens (including phenoxy) is 1. The van der Waals surface area contributed by atoms with Gasteiger partial charge in [0.15, 0.2) is 5.82 Å². The van der Waals surface area contributed by atoms with Crippen molar-refractivity contribution in [2.24, 2.45) is 0 Å². The van der Waals surface area contributed by atoms with Gasteiger partial charge in [0.1, 0.15) is 18.9 Å². The van der Waals surface area contributed by atoms with E-state index in [1.807, 2.05) is 37.3 Å². The number of aromatic nitrogens is 3. The third-order valence-electron chi connectivity index (χ3n) is 4.68. The van der Waals surface area contributed by atoms with Gasteiger partial charge in [-0.05, 0) is 36.8 Å². The van der Waals surface area contributed by atoms with E-state index in [0.29, 0.717) is 21.8 Å². The number of fused-ring (bicyclic) bond motifs is 1. The molecule has 0 fully saturated rings. The summed E-state index contributed by atoms with van der Waals surface area (Å²) in [6.45, 7) is 1.84. The summed E-state index contributed by atoms with van der Waals surface area (Å²) >= 11 is 7.17. The number of hydrogen-bond acceptors (Lipinski definition) is 6. The topological polar surface area (TPSA) is 89.3 Å². The van der Waals surface area contributed by atoms with E-state index < -0.39 is 0 Å². The van der Waals surface area contributed by atoms with E-state index in [1.54, 1.807) is 28.9 Å². The lowest BCUT2D eigenvalue weighted by molar-refractivity contribution is -0.124. The first-order valence-electron chi connectivity index (χ1n) is 9.61. The summed E-state index contributed by atoms with van der Waals surface area (Å²) in [5.41, 5.74) is 0.985. The zero-order chi connectivity index (χ0) is 21.8. The average Bonchev–Trinajstić information content (AvgIpc) is 3.19. The number of nitrogens with zero attached hydrogens (tertiary/aromatic N) is 4. The number of halogens is 1. The van der Waals surface area contributed by atoms with Gasteiger partial charge in [-0.15, -0.1) is 10.2 Å². The third-order valence-corrected chi connectivity index (χ3v) is 5.84. The Morgan fingerprint density at radius 2 is 1.94 bits per heavy atom. The predicted molar refractivity (Wildman–Crippen MR) is 118 cm³/mol. The molecule has 3 aromatic rings. The summed E-state index contributed by atoms with van der Waals surface area (Å²) in [6.07, 6.45) is 0. The van der Waals surface area contributed by atoms with Gasteiger partial charge in [-0.2, -0.15) is 0 Å². The van der Waals surface area contributed by atoms with Crippen LogP contribution in [0.25, 0.3) is 0 Å². The van der Waals surface area contributed by atoms with Crippen molar-refractivity contribution < 1.29 is 14.3 Å². The number of hydrogen-bond donors (Lipinski definition) is 1. The fraction of sp³-hybridized carbons (Fsp3) is 0.238. The molecule has 160 valence electrons. The molecule has 2 aromatic carbocycles. The maximum absolute atomic E-state index is 12.7. The van der Waals surface area contributed by atoms with Gasteiger partial charge in [0, 0.05) is 5.02 Å². The van der Waals surface area contributed by atoms with E-state index in [2.05, 4.69) is 15.5 Å². The Labute approximate surface area is 188 Å². The van der Waals surface area contributed by atoms with Crippen LogP contribution in [0.1, 0.15) is 24.4 Å². The van der Waals surface area contributed by atoms with E-state index in [-0.39, 0.29) is 36.8 Å². The Morgan fingerprint density at radius 3 is 2.68 bits per heavy atom. The molecule has 8 nitrogen and oxygen atoms in total. The summed E-state index contributed by atoms with van der Waals surface area (Å²) in [5.74, 6) is 0.748. The van der Waals surface area contributed by atoms with Crippen LogP contribution in [0, 0.1) is 0 Å². The van der Waals surface area contributed by atoms with Crippen LogP contribution in [0.15, 0.2) is 59.8 Å². The number of thioether (sulfide) groups is 1. The van der Waals surface area contributed by atoms with E-state index in [0.717, 1.165) is 5.56 Å². The third kappa shape index (κ3) is 5.00. The standard InChI is InChI=1S/C21H20ClN5O3S/c1-14(15-5-3-2-4-6-15)23-19(28)11-26-20(29)13-31-21-25-24-18(27(21)26)12-30-17-9-7-16(22)8-10-17/h2-10,14H,11-13H2,1H3,(H,23,28)/t14-/m0/s1. The largest absolute Gasteiger partial charge is 0.486 e. The molecule has 10 heteroatoms. The predicted octanol–water partition coefficient (Wildman–Crippen LogP) is 2.96. The number of benzene rings is 2. The lowest BCUT2D eigenvalue weighted by Crippen LogP contribution is -2.51. The zero-order valence-corrected chi connectivity index (χ0v) is 18.3. The van der Waals surface area contributed by atoms with Gasteiger partial charge >= 0.3 is 0 Å². The molecule has 1 aromatic heterocycles. The van der Waals surface area contributed by atoms with Crippen LogP contribution >= 0.6 is 23.4 Å². The van der Waals surface area contributed by atoms with Gasteiger partial charge in [0.2, 0.25) is 11.1 Å². The van der Waals surface area contributed by atoms with Crippen molar-refractivity contribution in [3.8, 4) is 5.75 Å². The molecule has 2 heterocycles. The Kier molecular flexibility index (Phi) is 6.43. The molecule has 1 aliphatic heterocycles. The van der Waals surface area contributed by atoms with Gasteiger partial charge in [0.25, 0.3) is 5.91 Å². The van der Waals surface area contributed by atoms with Crippen molar-refractivity contribution in [3.63, 3.8) is 0 Å². The molecule has 0 saturated carbocycles. The summed E-state index contributed by atoms with van der Waals surface area (Å²) in [7, 11) is 0. The number of carbonyl (C=O) groups excluding carboxylic acids is 2. The lowest BCUT2D eigenvalue weighted by atomic mass is 10.1. The first-order chi connectivity index (χ1) is 15.0. The molecule has 4 rings (SSSR count). The minimum absolute atomic E-state index is 0.0843. The molecule has 1 N–H and O–H groups in total. The summed E-state index contributed by atoms with van der Waals surface area (Å²) in [6, 6.07) is 16.4.